The van der Waals surface area contributed by atoms with Crippen LogP contribution in [-0.4, -0.2) is 34.4 Å². The number of carbonyl (C=O) groups is 1. The van der Waals surface area contributed by atoms with Gasteiger partial charge in [0.2, 0.25) is 5.13 Å². The van der Waals surface area contributed by atoms with E-state index < -0.39 is 11.9 Å². The lowest BCUT2D eigenvalue weighted by molar-refractivity contribution is -0.140. The molecule has 5 nitrogen and oxygen atoms in total. The molecule has 0 spiro atoms. The Morgan fingerprint density at radius 2 is 2.35 bits per heavy atom. The van der Waals surface area contributed by atoms with Crippen molar-refractivity contribution < 1.29 is 9.90 Å². The molecular weight excluding hydrogens is 238 g/mol. The Balaban J connectivity index is 2.77. The van der Waals surface area contributed by atoms with Gasteiger partial charge >= 0.3 is 5.97 Å². The summed E-state index contributed by atoms with van der Waals surface area (Å²) in [4.78, 5) is 12.7. The fourth-order valence-electron chi connectivity index (χ4n) is 1.31. The number of nitrogens with zero attached hydrogens (tertiary/aromatic N) is 3. The van der Waals surface area contributed by atoms with E-state index in [0.717, 1.165) is 16.6 Å². The van der Waals surface area contributed by atoms with Crippen molar-refractivity contribution in [1.82, 2.24) is 10.2 Å². The van der Waals surface area contributed by atoms with Crippen LogP contribution >= 0.6 is 11.3 Å². The zero-order valence-corrected chi connectivity index (χ0v) is 10.9. The van der Waals surface area contributed by atoms with Gasteiger partial charge in [-0.25, -0.2) is 0 Å². The molecular formula is C11H17N3O2S. The minimum atomic E-state index is -0.806. The van der Waals surface area contributed by atoms with E-state index in [1.807, 2.05) is 11.8 Å². The standard InChI is InChI=1S/C11H17N3O2S/c1-4-6-14(7-8(3)10(15)16)11-13-12-9(5-2)17-11/h4,8H,1,5-7H2,2-3H3,(H,15,16). The van der Waals surface area contributed by atoms with Gasteiger partial charge in [0.1, 0.15) is 5.01 Å². The number of aliphatic carboxylic acids is 1. The van der Waals surface area contributed by atoms with E-state index in [9.17, 15) is 4.79 Å². The highest BCUT2D eigenvalue weighted by atomic mass is 32.1. The number of hydrogen-bond donors (Lipinski definition) is 1. The van der Waals surface area contributed by atoms with Crippen molar-refractivity contribution in [2.75, 3.05) is 18.0 Å². The molecule has 1 atom stereocenters. The molecule has 1 N–H and O–H groups in total. The van der Waals surface area contributed by atoms with Crippen LogP contribution in [0.1, 0.15) is 18.9 Å². The first-order valence-corrected chi connectivity index (χ1v) is 6.31. The summed E-state index contributed by atoms with van der Waals surface area (Å²) in [6.45, 7) is 8.36. The normalized spacial score (nSPS) is 12.1. The number of aryl methyl sites for hydroxylation is 1. The lowest BCUT2D eigenvalue weighted by Crippen LogP contribution is -2.31. The first kappa shape index (κ1) is 13.6. The molecule has 0 aliphatic heterocycles. The zero-order chi connectivity index (χ0) is 12.8. The monoisotopic (exact) mass is 255 g/mol. The molecule has 0 radical (unpaired) electrons. The molecule has 0 amide bonds. The fourth-order valence-corrected chi connectivity index (χ4v) is 2.11. The summed E-state index contributed by atoms with van der Waals surface area (Å²) < 4.78 is 0. The highest BCUT2D eigenvalue weighted by Gasteiger charge is 2.18. The van der Waals surface area contributed by atoms with Crippen LogP contribution in [0.4, 0.5) is 5.13 Å². The molecule has 0 fully saturated rings. The quantitative estimate of drug-likeness (QED) is 0.753. The summed E-state index contributed by atoms with van der Waals surface area (Å²) in [5, 5.41) is 18.7. The van der Waals surface area contributed by atoms with Gasteiger partial charge in [0.25, 0.3) is 0 Å². The van der Waals surface area contributed by atoms with E-state index in [0.29, 0.717) is 13.1 Å². The van der Waals surface area contributed by atoms with E-state index in [1.165, 1.54) is 11.3 Å². The van der Waals surface area contributed by atoms with Gasteiger partial charge in [-0.05, 0) is 6.42 Å². The average molecular weight is 255 g/mol. The Labute approximate surface area is 105 Å². The Bertz CT molecular complexity index is 392. The summed E-state index contributed by atoms with van der Waals surface area (Å²) in [6, 6.07) is 0. The van der Waals surface area contributed by atoms with E-state index in [2.05, 4.69) is 16.8 Å². The highest BCUT2D eigenvalue weighted by Crippen LogP contribution is 2.21. The van der Waals surface area contributed by atoms with Crippen molar-refractivity contribution in [2.24, 2.45) is 5.92 Å². The molecule has 0 saturated carbocycles. The molecule has 0 aliphatic carbocycles. The van der Waals surface area contributed by atoms with Gasteiger partial charge < -0.3 is 10.0 Å². The van der Waals surface area contributed by atoms with Crippen molar-refractivity contribution in [3.05, 3.63) is 17.7 Å². The fraction of sp³-hybridized carbons (Fsp3) is 0.545. The third kappa shape index (κ3) is 3.81. The minimum Gasteiger partial charge on any atom is -0.481 e. The second kappa shape index (κ2) is 6.34. The van der Waals surface area contributed by atoms with E-state index in [1.54, 1.807) is 13.0 Å². The molecule has 6 heteroatoms. The van der Waals surface area contributed by atoms with E-state index in [4.69, 9.17) is 5.11 Å². The predicted molar refractivity (Wildman–Crippen MR) is 68.5 cm³/mol. The maximum absolute atomic E-state index is 10.8. The molecule has 17 heavy (non-hydrogen) atoms. The van der Waals surface area contributed by atoms with Gasteiger partial charge in [0.15, 0.2) is 0 Å². The predicted octanol–water partition coefficient (Wildman–Crippen LogP) is 1.81. The van der Waals surface area contributed by atoms with Gasteiger partial charge in [-0.15, -0.1) is 16.8 Å². The van der Waals surface area contributed by atoms with Crippen LogP contribution in [0.3, 0.4) is 0 Å². The topological polar surface area (TPSA) is 66.3 Å². The summed E-state index contributed by atoms with van der Waals surface area (Å²) in [6.07, 6.45) is 2.58. The maximum Gasteiger partial charge on any atom is 0.308 e. The lowest BCUT2D eigenvalue weighted by Gasteiger charge is -2.21. The molecule has 1 unspecified atom stereocenters. The molecule has 1 heterocycles. The first-order valence-electron chi connectivity index (χ1n) is 5.49. The molecule has 0 saturated heterocycles. The second-order valence-electron chi connectivity index (χ2n) is 3.76. The first-order chi connectivity index (χ1) is 8.08. The smallest absolute Gasteiger partial charge is 0.308 e. The molecule has 1 aromatic rings. The van der Waals surface area contributed by atoms with Crippen LogP contribution < -0.4 is 4.90 Å². The second-order valence-corrected chi connectivity index (χ2v) is 4.81. The lowest BCUT2D eigenvalue weighted by atomic mass is 10.2. The molecule has 1 aromatic heterocycles. The van der Waals surface area contributed by atoms with Crippen molar-refractivity contribution in [3.8, 4) is 0 Å². The molecule has 0 aromatic carbocycles. The number of hydrogen-bond acceptors (Lipinski definition) is 5. The van der Waals surface area contributed by atoms with Gasteiger partial charge in [-0.3, -0.25) is 4.79 Å². The number of aromatic nitrogens is 2. The largest absolute Gasteiger partial charge is 0.481 e. The Hall–Kier alpha value is -1.43. The van der Waals surface area contributed by atoms with Crippen LogP contribution in [0, 0.1) is 5.92 Å². The van der Waals surface area contributed by atoms with Gasteiger partial charge in [0.05, 0.1) is 5.92 Å². The Morgan fingerprint density at radius 1 is 1.65 bits per heavy atom. The van der Waals surface area contributed by atoms with Crippen LogP contribution in [0.15, 0.2) is 12.7 Å². The van der Waals surface area contributed by atoms with Crippen molar-refractivity contribution in [2.45, 2.75) is 20.3 Å². The van der Waals surface area contributed by atoms with Crippen molar-refractivity contribution in [3.63, 3.8) is 0 Å². The maximum atomic E-state index is 10.8. The van der Waals surface area contributed by atoms with Crippen molar-refractivity contribution in [1.29, 1.82) is 0 Å². The number of anilines is 1. The van der Waals surface area contributed by atoms with Crippen LogP contribution in [0.5, 0.6) is 0 Å². The molecule has 0 aliphatic rings. The van der Waals surface area contributed by atoms with Crippen LogP contribution in [0.25, 0.3) is 0 Å². The van der Waals surface area contributed by atoms with Crippen molar-refractivity contribution >= 4 is 22.4 Å². The van der Waals surface area contributed by atoms with E-state index >= 15 is 0 Å². The average Bonchev–Trinajstić information content (AvgIpc) is 2.76. The van der Waals surface area contributed by atoms with Gasteiger partial charge in [-0.1, -0.05) is 31.3 Å². The third-order valence-corrected chi connectivity index (χ3v) is 3.42. The minimum absolute atomic E-state index is 0.416. The number of carboxylic acids is 1. The summed E-state index contributed by atoms with van der Waals surface area (Å²) in [5.41, 5.74) is 0. The number of carboxylic acid groups (broad SMARTS) is 1. The van der Waals surface area contributed by atoms with Crippen LogP contribution in [0.2, 0.25) is 0 Å². The number of rotatable bonds is 7. The Kier molecular flexibility index (Phi) is 5.09. The summed E-state index contributed by atoms with van der Waals surface area (Å²) in [5.74, 6) is -1.25. The van der Waals surface area contributed by atoms with E-state index in [-0.39, 0.29) is 0 Å². The molecule has 1 rings (SSSR count). The third-order valence-electron chi connectivity index (χ3n) is 2.29. The zero-order valence-electron chi connectivity index (χ0n) is 10.1. The highest BCUT2D eigenvalue weighted by molar-refractivity contribution is 7.15. The summed E-state index contributed by atoms with van der Waals surface area (Å²) in [7, 11) is 0. The van der Waals surface area contributed by atoms with Gasteiger partial charge in [0, 0.05) is 13.1 Å². The Morgan fingerprint density at radius 3 is 2.82 bits per heavy atom. The van der Waals surface area contributed by atoms with Gasteiger partial charge in [-0.2, -0.15) is 0 Å². The summed E-state index contributed by atoms with van der Waals surface area (Å²) >= 11 is 1.50. The van der Waals surface area contributed by atoms with Crippen LogP contribution in [-0.2, 0) is 11.2 Å². The molecule has 0 bridgehead atoms. The molecule has 94 valence electrons. The SMILES string of the molecule is C=CCN(CC(C)C(=O)O)c1nnc(CC)s1.